The van der Waals surface area contributed by atoms with Crippen molar-refractivity contribution in [2.24, 2.45) is 12.8 Å². The third kappa shape index (κ3) is 1.55. The van der Waals surface area contributed by atoms with Gasteiger partial charge >= 0.3 is 0 Å². The van der Waals surface area contributed by atoms with E-state index < -0.39 is 0 Å². The lowest BCUT2D eigenvalue weighted by atomic mass is 10.2. The Kier molecular flexibility index (Phi) is 2.42. The normalized spacial score (nSPS) is 11.2. The van der Waals surface area contributed by atoms with Gasteiger partial charge in [0.15, 0.2) is 5.82 Å². The van der Waals surface area contributed by atoms with Crippen molar-refractivity contribution in [3.63, 3.8) is 0 Å². The quantitative estimate of drug-likeness (QED) is 0.751. The molecule has 0 spiro atoms. The van der Waals surface area contributed by atoms with Gasteiger partial charge in [-0.25, -0.2) is 9.97 Å². The summed E-state index contributed by atoms with van der Waals surface area (Å²) >= 11 is 1.57. The minimum absolute atomic E-state index is 0.505. The molecule has 0 saturated heterocycles. The van der Waals surface area contributed by atoms with Gasteiger partial charge in [0.05, 0.1) is 16.5 Å². The number of benzene rings is 1. The monoisotopic (exact) mass is 244 g/mol. The van der Waals surface area contributed by atoms with Crippen molar-refractivity contribution in [2.45, 2.75) is 6.54 Å². The Morgan fingerprint density at radius 3 is 3.00 bits per heavy atom. The summed E-state index contributed by atoms with van der Waals surface area (Å²) in [7, 11) is 2.00. The van der Waals surface area contributed by atoms with Crippen LogP contribution in [0.2, 0.25) is 0 Å². The van der Waals surface area contributed by atoms with Gasteiger partial charge in [0.2, 0.25) is 0 Å². The largest absolute Gasteiger partial charge is 0.326 e. The molecule has 2 heterocycles. The van der Waals surface area contributed by atoms with E-state index in [-0.39, 0.29) is 0 Å². The van der Waals surface area contributed by atoms with Crippen molar-refractivity contribution in [3.05, 3.63) is 34.7 Å². The zero-order chi connectivity index (χ0) is 11.8. The lowest BCUT2D eigenvalue weighted by Gasteiger charge is -1.99. The van der Waals surface area contributed by atoms with Crippen molar-refractivity contribution < 1.29 is 0 Å². The van der Waals surface area contributed by atoms with Crippen LogP contribution >= 0.6 is 11.3 Å². The molecule has 2 aromatic heterocycles. The van der Waals surface area contributed by atoms with Crippen LogP contribution in [0.3, 0.4) is 0 Å². The molecule has 0 aliphatic rings. The molecule has 2 N–H and O–H groups in total. The van der Waals surface area contributed by atoms with Crippen LogP contribution in [0.1, 0.15) is 5.56 Å². The van der Waals surface area contributed by atoms with Crippen LogP contribution in [0.5, 0.6) is 0 Å². The third-order valence-electron chi connectivity index (χ3n) is 2.88. The molecule has 86 valence electrons. The van der Waals surface area contributed by atoms with Gasteiger partial charge in [-0.1, -0.05) is 12.1 Å². The maximum absolute atomic E-state index is 5.73. The topological polar surface area (TPSA) is 56.7 Å². The number of aryl methyl sites for hydroxylation is 1. The molecule has 0 atom stereocenters. The second kappa shape index (κ2) is 3.94. The molecule has 4 nitrogen and oxygen atoms in total. The third-order valence-corrected chi connectivity index (χ3v) is 3.46. The summed E-state index contributed by atoms with van der Waals surface area (Å²) in [6.07, 6.45) is 0. The number of rotatable bonds is 2. The zero-order valence-electron chi connectivity index (χ0n) is 9.42. The highest BCUT2D eigenvalue weighted by Gasteiger charge is 2.12. The Morgan fingerprint density at radius 1 is 1.41 bits per heavy atom. The standard InChI is InChI=1S/C12H12N4S/c1-16-10-4-2-3-8(5-13)11(10)15-12(16)9-6-17-7-14-9/h2-4,6-7H,5,13H2,1H3. The molecule has 17 heavy (non-hydrogen) atoms. The van der Waals surface area contributed by atoms with Crippen molar-refractivity contribution in [3.8, 4) is 11.5 Å². The number of para-hydroxylation sites is 1. The highest BCUT2D eigenvalue weighted by molar-refractivity contribution is 7.07. The Bertz CT molecular complexity index is 655. The fourth-order valence-electron chi connectivity index (χ4n) is 1.99. The van der Waals surface area contributed by atoms with E-state index in [9.17, 15) is 0 Å². The Balaban J connectivity index is 2.32. The summed E-state index contributed by atoms with van der Waals surface area (Å²) in [5, 5.41) is 2.00. The second-order valence-electron chi connectivity index (χ2n) is 3.86. The van der Waals surface area contributed by atoms with Gasteiger partial charge in [0.1, 0.15) is 5.69 Å². The first-order valence-corrected chi connectivity index (χ1v) is 6.28. The summed E-state index contributed by atoms with van der Waals surface area (Å²) in [4.78, 5) is 8.95. The summed E-state index contributed by atoms with van der Waals surface area (Å²) in [5.41, 5.74) is 11.6. The molecular weight excluding hydrogens is 232 g/mol. The van der Waals surface area contributed by atoms with Crippen LogP contribution in [0, 0.1) is 0 Å². The number of aromatic nitrogens is 3. The fourth-order valence-corrected chi connectivity index (χ4v) is 2.52. The van der Waals surface area contributed by atoms with E-state index in [2.05, 4.69) is 20.6 Å². The van der Waals surface area contributed by atoms with Crippen molar-refractivity contribution >= 4 is 22.4 Å². The van der Waals surface area contributed by atoms with E-state index >= 15 is 0 Å². The lowest BCUT2D eigenvalue weighted by Crippen LogP contribution is -1.97. The average molecular weight is 244 g/mol. The van der Waals surface area contributed by atoms with Crippen LogP contribution in [-0.4, -0.2) is 14.5 Å². The first-order chi connectivity index (χ1) is 8.31. The minimum atomic E-state index is 0.505. The number of nitrogens with zero attached hydrogens (tertiary/aromatic N) is 3. The van der Waals surface area contributed by atoms with E-state index in [1.54, 1.807) is 11.3 Å². The van der Waals surface area contributed by atoms with Gasteiger partial charge < -0.3 is 10.3 Å². The van der Waals surface area contributed by atoms with E-state index in [0.717, 1.165) is 28.1 Å². The molecule has 0 aliphatic carbocycles. The van der Waals surface area contributed by atoms with Crippen LogP contribution in [0.25, 0.3) is 22.6 Å². The van der Waals surface area contributed by atoms with Crippen LogP contribution in [-0.2, 0) is 13.6 Å². The molecule has 0 unspecified atom stereocenters. The second-order valence-corrected chi connectivity index (χ2v) is 4.58. The van der Waals surface area contributed by atoms with Crippen molar-refractivity contribution in [1.29, 1.82) is 0 Å². The van der Waals surface area contributed by atoms with Crippen molar-refractivity contribution in [1.82, 2.24) is 14.5 Å². The number of hydrogen-bond donors (Lipinski definition) is 1. The molecule has 1 aromatic carbocycles. The number of imidazole rings is 1. The number of fused-ring (bicyclic) bond motifs is 1. The SMILES string of the molecule is Cn1c(-c2cscn2)nc2c(CN)cccc21. The molecule has 0 fully saturated rings. The van der Waals surface area contributed by atoms with Gasteiger partial charge in [0, 0.05) is 19.0 Å². The molecule has 3 aromatic rings. The zero-order valence-corrected chi connectivity index (χ0v) is 10.2. The minimum Gasteiger partial charge on any atom is -0.326 e. The molecular formula is C12H12N4S. The number of hydrogen-bond acceptors (Lipinski definition) is 4. The first kappa shape index (κ1) is 10.4. The Hall–Kier alpha value is -1.72. The molecule has 0 saturated carbocycles. The van der Waals surface area contributed by atoms with Crippen molar-refractivity contribution in [2.75, 3.05) is 0 Å². The number of thiazole rings is 1. The molecule has 3 rings (SSSR count). The van der Waals surface area contributed by atoms with Gasteiger partial charge in [-0.05, 0) is 11.6 Å². The summed E-state index contributed by atoms with van der Waals surface area (Å²) in [6, 6.07) is 6.08. The summed E-state index contributed by atoms with van der Waals surface area (Å²) in [6.45, 7) is 0.505. The maximum atomic E-state index is 5.73. The Morgan fingerprint density at radius 2 is 2.29 bits per heavy atom. The smallest absolute Gasteiger partial charge is 0.160 e. The molecule has 0 radical (unpaired) electrons. The van der Waals surface area contributed by atoms with E-state index in [4.69, 9.17) is 5.73 Å². The van der Waals surface area contributed by atoms with Crippen LogP contribution in [0.15, 0.2) is 29.1 Å². The Labute approximate surface area is 103 Å². The van der Waals surface area contributed by atoms with Crippen LogP contribution in [0.4, 0.5) is 0 Å². The van der Waals surface area contributed by atoms with Crippen LogP contribution < -0.4 is 5.73 Å². The summed E-state index contributed by atoms with van der Waals surface area (Å²) in [5.74, 6) is 0.891. The van der Waals surface area contributed by atoms with E-state index in [0.29, 0.717) is 6.54 Å². The van der Waals surface area contributed by atoms with Gasteiger partial charge in [-0.3, -0.25) is 0 Å². The first-order valence-electron chi connectivity index (χ1n) is 5.34. The average Bonchev–Trinajstić information content (AvgIpc) is 2.97. The summed E-state index contributed by atoms with van der Waals surface area (Å²) < 4.78 is 2.06. The number of nitrogens with two attached hydrogens (primary N) is 1. The fraction of sp³-hybridized carbons (Fsp3) is 0.167. The molecule has 0 amide bonds. The molecule has 5 heteroatoms. The lowest BCUT2D eigenvalue weighted by molar-refractivity contribution is 0.953. The molecule has 0 bridgehead atoms. The predicted octanol–water partition coefficient (Wildman–Crippen LogP) is 2.16. The highest BCUT2D eigenvalue weighted by atomic mass is 32.1. The van der Waals surface area contributed by atoms with Gasteiger partial charge in [0.25, 0.3) is 0 Å². The van der Waals surface area contributed by atoms with E-state index in [1.165, 1.54) is 0 Å². The molecule has 0 aliphatic heterocycles. The highest BCUT2D eigenvalue weighted by Crippen LogP contribution is 2.25. The predicted molar refractivity (Wildman–Crippen MR) is 69.7 cm³/mol. The van der Waals surface area contributed by atoms with E-state index in [1.807, 2.05) is 30.1 Å². The maximum Gasteiger partial charge on any atom is 0.160 e. The van der Waals surface area contributed by atoms with Gasteiger partial charge in [-0.15, -0.1) is 11.3 Å². The van der Waals surface area contributed by atoms with Gasteiger partial charge in [-0.2, -0.15) is 0 Å².